The smallest absolute Gasteiger partial charge is 0.270 e. The van der Waals surface area contributed by atoms with Crippen LogP contribution in [-0.4, -0.2) is 56.0 Å². The molecule has 2 saturated heterocycles. The van der Waals surface area contributed by atoms with E-state index >= 15 is 0 Å². The summed E-state index contributed by atoms with van der Waals surface area (Å²) >= 11 is 0. The van der Waals surface area contributed by atoms with Crippen molar-refractivity contribution in [3.05, 3.63) is 64.2 Å². The summed E-state index contributed by atoms with van der Waals surface area (Å²) in [5.74, 6) is 0.423. The number of nitro benzene ring substituents is 1. The number of nitrogens with zero attached hydrogens (tertiary/aromatic N) is 3. The van der Waals surface area contributed by atoms with Gasteiger partial charge in [-0.1, -0.05) is 30.3 Å². The molecule has 0 N–H and O–H groups in total. The van der Waals surface area contributed by atoms with Crippen LogP contribution in [0.3, 0.4) is 0 Å². The van der Waals surface area contributed by atoms with Gasteiger partial charge in [0.2, 0.25) is 10.0 Å². The van der Waals surface area contributed by atoms with Gasteiger partial charge in [-0.3, -0.25) is 10.1 Å². The molecular formula is C23H29N3O5S. The van der Waals surface area contributed by atoms with Gasteiger partial charge in [-0.25, -0.2) is 8.42 Å². The van der Waals surface area contributed by atoms with Gasteiger partial charge in [0.1, 0.15) is 4.90 Å². The molecule has 2 aromatic carbocycles. The maximum Gasteiger partial charge on any atom is 0.270 e. The third kappa shape index (κ3) is 4.65. The molecule has 0 aromatic heterocycles. The van der Waals surface area contributed by atoms with Crippen LogP contribution in [0.25, 0.3) is 0 Å². The third-order valence-corrected chi connectivity index (χ3v) is 8.13. The minimum atomic E-state index is -3.92. The molecule has 2 heterocycles. The molecule has 2 aromatic rings. The van der Waals surface area contributed by atoms with E-state index in [1.54, 1.807) is 6.07 Å². The molecule has 0 radical (unpaired) electrons. The summed E-state index contributed by atoms with van der Waals surface area (Å²) in [4.78, 5) is 12.9. The van der Waals surface area contributed by atoms with Crippen LogP contribution in [0.1, 0.15) is 38.2 Å². The van der Waals surface area contributed by atoms with E-state index in [0.29, 0.717) is 24.7 Å². The summed E-state index contributed by atoms with van der Waals surface area (Å²) in [7, 11) is -3.92. The number of sulfonamides is 1. The normalized spacial score (nSPS) is 23.2. The molecule has 0 aliphatic carbocycles. The minimum Gasteiger partial charge on any atom is -0.373 e. The van der Waals surface area contributed by atoms with Crippen molar-refractivity contribution in [1.29, 1.82) is 0 Å². The Labute approximate surface area is 189 Å². The Hall–Kier alpha value is -2.49. The zero-order chi connectivity index (χ0) is 22.9. The molecule has 2 fully saturated rings. The molecule has 0 unspecified atom stereocenters. The van der Waals surface area contributed by atoms with Crippen LogP contribution in [0.4, 0.5) is 11.4 Å². The first-order chi connectivity index (χ1) is 15.3. The number of benzene rings is 2. The molecule has 2 atom stereocenters. The van der Waals surface area contributed by atoms with Crippen LogP contribution in [-0.2, 0) is 14.8 Å². The Bertz CT molecular complexity index is 1060. The number of hydrogen-bond donors (Lipinski definition) is 0. The highest BCUT2D eigenvalue weighted by molar-refractivity contribution is 7.89. The van der Waals surface area contributed by atoms with Crippen LogP contribution in [0, 0.1) is 10.1 Å². The number of hydrogen-bond acceptors (Lipinski definition) is 6. The molecule has 8 nitrogen and oxygen atoms in total. The van der Waals surface area contributed by atoms with E-state index in [0.717, 1.165) is 12.8 Å². The van der Waals surface area contributed by atoms with E-state index < -0.39 is 14.9 Å². The van der Waals surface area contributed by atoms with Gasteiger partial charge in [0.05, 0.1) is 22.8 Å². The molecule has 0 amide bonds. The van der Waals surface area contributed by atoms with E-state index in [1.807, 2.05) is 36.9 Å². The van der Waals surface area contributed by atoms with Gasteiger partial charge < -0.3 is 9.64 Å². The number of nitro groups is 1. The summed E-state index contributed by atoms with van der Waals surface area (Å²) < 4.78 is 34.3. The van der Waals surface area contributed by atoms with Crippen molar-refractivity contribution >= 4 is 21.4 Å². The lowest BCUT2D eigenvalue weighted by Crippen LogP contribution is -2.48. The van der Waals surface area contributed by atoms with Gasteiger partial charge >= 0.3 is 0 Å². The maximum atomic E-state index is 13.6. The Morgan fingerprint density at radius 1 is 1.00 bits per heavy atom. The molecule has 2 aliphatic heterocycles. The lowest BCUT2D eigenvalue weighted by molar-refractivity contribution is -0.385. The molecular weight excluding hydrogens is 430 g/mol. The predicted molar refractivity (Wildman–Crippen MR) is 122 cm³/mol. The number of non-ortho nitro benzene ring substituents is 1. The average Bonchev–Trinajstić information content (AvgIpc) is 2.78. The highest BCUT2D eigenvalue weighted by Crippen LogP contribution is 2.36. The van der Waals surface area contributed by atoms with Crippen molar-refractivity contribution in [3.8, 4) is 0 Å². The molecule has 172 valence electrons. The van der Waals surface area contributed by atoms with E-state index in [-0.39, 0.29) is 35.9 Å². The average molecular weight is 460 g/mol. The lowest BCUT2D eigenvalue weighted by Gasteiger charge is -2.37. The quantitative estimate of drug-likeness (QED) is 0.499. The zero-order valence-electron chi connectivity index (χ0n) is 18.4. The zero-order valence-corrected chi connectivity index (χ0v) is 19.2. The second-order valence-electron chi connectivity index (χ2n) is 8.66. The van der Waals surface area contributed by atoms with E-state index in [2.05, 4.69) is 12.1 Å². The first-order valence-electron chi connectivity index (χ1n) is 11.0. The monoisotopic (exact) mass is 459 g/mol. The minimum absolute atomic E-state index is 0.00570. The number of rotatable bonds is 5. The Balaban J connectivity index is 1.64. The van der Waals surface area contributed by atoms with Gasteiger partial charge in [-0.2, -0.15) is 4.31 Å². The van der Waals surface area contributed by atoms with Gasteiger partial charge in [0.15, 0.2) is 0 Å². The largest absolute Gasteiger partial charge is 0.373 e. The first kappa shape index (κ1) is 22.7. The fourth-order valence-electron chi connectivity index (χ4n) is 4.73. The predicted octanol–water partition coefficient (Wildman–Crippen LogP) is 3.78. The summed E-state index contributed by atoms with van der Waals surface area (Å²) in [6.45, 7) is 5.50. The van der Waals surface area contributed by atoms with Crippen LogP contribution >= 0.6 is 0 Å². The SMILES string of the molecule is C[C@@H]1CN(S(=O)(=O)c2cc([N+](=O)[O-])ccc2N2CCC(c3ccccc3)CC2)C[C@@H](C)O1. The topological polar surface area (TPSA) is 93.0 Å². The van der Waals surface area contributed by atoms with Gasteiger partial charge in [-0.15, -0.1) is 0 Å². The fourth-order valence-corrected chi connectivity index (χ4v) is 6.55. The second-order valence-corrected chi connectivity index (χ2v) is 10.6. The Morgan fingerprint density at radius 3 is 2.22 bits per heavy atom. The number of morpholine rings is 1. The van der Waals surface area contributed by atoms with Crippen LogP contribution < -0.4 is 4.90 Å². The molecule has 0 saturated carbocycles. The summed E-state index contributed by atoms with van der Waals surface area (Å²) in [5, 5.41) is 11.4. The Kier molecular flexibility index (Phi) is 6.50. The fraction of sp³-hybridized carbons (Fsp3) is 0.478. The third-order valence-electron chi connectivity index (χ3n) is 6.26. The summed E-state index contributed by atoms with van der Waals surface area (Å²) in [5.41, 5.74) is 1.61. The maximum absolute atomic E-state index is 13.6. The summed E-state index contributed by atoms with van der Waals surface area (Å²) in [6.07, 6.45) is 1.31. The molecule has 9 heteroatoms. The van der Waals surface area contributed by atoms with Crippen molar-refractivity contribution in [1.82, 2.24) is 4.31 Å². The van der Waals surface area contributed by atoms with E-state index in [4.69, 9.17) is 4.74 Å². The molecule has 0 spiro atoms. The molecule has 2 aliphatic rings. The molecule has 32 heavy (non-hydrogen) atoms. The second kappa shape index (κ2) is 9.17. The van der Waals surface area contributed by atoms with Crippen molar-refractivity contribution < 1.29 is 18.1 Å². The number of ether oxygens (including phenoxy) is 1. The summed E-state index contributed by atoms with van der Waals surface area (Å²) in [6, 6.07) is 14.5. The van der Waals surface area contributed by atoms with Crippen LogP contribution in [0.15, 0.2) is 53.4 Å². The van der Waals surface area contributed by atoms with Crippen molar-refractivity contribution in [3.63, 3.8) is 0 Å². The van der Waals surface area contributed by atoms with Crippen LogP contribution in [0.2, 0.25) is 0 Å². The van der Waals surface area contributed by atoms with Crippen molar-refractivity contribution in [2.24, 2.45) is 0 Å². The standard InChI is InChI=1S/C23H29N3O5S/c1-17-15-25(16-18(2)31-17)32(29,30)23-14-21(26(27)28)8-9-22(23)24-12-10-20(11-13-24)19-6-4-3-5-7-19/h3-9,14,17-18,20H,10-13,15-16H2,1-2H3/t17-,18-/m1/s1. The highest BCUT2D eigenvalue weighted by Gasteiger charge is 2.36. The van der Waals surface area contributed by atoms with E-state index in [1.165, 1.54) is 22.0 Å². The highest BCUT2D eigenvalue weighted by atomic mass is 32.2. The van der Waals surface area contributed by atoms with Crippen molar-refractivity contribution in [2.75, 3.05) is 31.1 Å². The van der Waals surface area contributed by atoms with Gasteiger partial charge in [0, 0.05) is 38.3 Å². The molecule has 4 rings (SSSR count). The number of piperidine rings is 1. The van der Waals surface area contributed by atoms with Crippen LogP contribution in [0.5, 0.6) is 0 Å². The van der Waals surface area contributed by atoms with E-state index in [9.17, 15) is 18.5 Å². The molecule has 0 bridgehead atoms. The lowest BCUT2D eigenvalue weighted by atomic mass is 9.89. The van der Waals surface area contributed by atoms with Crippen molar-refractivity contribution in [2.45, 2.75) is 49.7 Å². The number of anilines is 1. The van der Waals surface area contributed by atoms with Gasteiger partial charge in [-0.05, 0) is 44.2 Å². The Morgan fingerprint density at radius 2 is 1.62 bits per heavy atom. The van der Waals surface area contributed by atoms with Gasteiger partial charge in [0.25, 0.3) is 5.69 Å². The first-order valence-corrected chi connectivity index (χ1v) is 12.4.